The number of hydrogen-bond acceptors (Lipinski definition) is 3. The molecular formula is C28H28ClN3O2. The van der Waals surface area contributed by atoms with Crippen LogP contribution in [0.2, 0.25) is 5.02 Å². The Bertz CT molecular complexity index is 1350. The van der Waals surface area contributed by atoms with E-state index < -0.39 is 0 Å². The molecule has 0 bridgehead atoms. The first-order valence-electron chi connectivity index (χ1n) is 11.7. The van der Waals surface area contributed by atoms with E-state index in [1.54, 1.807) is 4.90 Å². The standard InChI is InChI=1S/C28H28ClN3O2/c1-19-12-13-20(2)26(16-19)34-15-7-14-31-25-11-6-4-9-23(25)30-28(31)21-17-27(33)32(18-21)24-10-5-3-8-22(24)29/h3-6,8-13,16,21H,7,14-15,17-18H2,1-2H3. The Balaban J connectivity index is 1.36. The fourth-order valence-electron chi connectivity index (χ4n) is 4.69. The number of aromatic nitrogens is 2. The van der Waals surface area contributed by atoms with Crippen molar-refractivity contribution in [3.8, 4) is 5.75 Å². The number of nitrogens with zero attached hydrogens (tertiary/aromatic N) is 3. The highest BCUT2D eigenvalue weighted by molar-refractivity contribution is 6.33. The normalized spacial score (nSPS) is 15.9. The van der Waals surface area contributed by atoms with Crippen LogP contribution < -0.4 is 9.64 Å². The number of fused-ring (bicyclic) bond motifs is 1. The van der Waals surface area contributed by atoms with Crippen molar-refractivity contribution in [2.24, 2.45) is 0 Å². The maximum Gasteiger partial charge on any atom is 0.227 e. The Morgan fingerprint density at radius 2 is 1.85 bits per heavy atom. The zero-order valence-corrected chi connectivity index (χ0v) is 20.3. The maximum absolute atomic E-state index is 12.9. The largest absolute Gasteiger partial charge is 0.493 e. The Kier molecular flexibility index (Phi) is 6.29. The lowest BCUT2D eigenvalue weighted by Gasteiger charge is -2.18. The van der Waals surface area contributed by atoms with E-state index in [4.69, 9.17) is 21.3 Å². The quantitative estimate of drug-likeness (QED) is 0.296. The highest BCUT2D eigenvalue weighted by atomic mass is 35.5. The second kappa shape index (κ2) is 9.51. The maximum atomic E-state index is 12.9. The van der Waals surface area contributed by atoms with Gasteiger partial charge in [0.05, 0.1) is 28.4 Å². The molecule has 1 amide bonds. The van der Waals surface area contributed by atoms with Crippen molar-refractivity contribution >= 4 is 34.2 Å². The summed E-state index contributed by atoms with van der Waals surface area (Å²) in [4.78, 5) is 19.7. The van der Waals surface area contributed by atoms with Gasteiger partial charge in [-0.25, -0.2) is 4.98 Å². The van der Waals surface area contributed by atoms with Gasteiger partial charge in [0, 0.05) is 25.4 Å². The number of anilines is 1. The molecule has 34 heavy (non-hydrogen) atoms. The third kappa shape index (κ3) is 4.40. The Hall–Kier alpha value is -3.31. The third-order valence-electron chi connectivity index (χ3n) is 6.44. The minimum Gasteiger partial charge on any atom is -0.493 e. The second-order valence-corrected chi connectivity index (χ2v) is 9.35. The SMILES string of the molecule is Cc1ccc(C)c(OCCCn2c(C3CC(=O)N(c4ccccc4Cl)C3)nc3ccccc32)c1. The summed E-state index contributed by atoms with van der Waals surface area (Å²) in [5, 5.41) is 0.591. The summed E-state index contributed by atoms with van der Waals surface area (Å²) in [6.45, 7) is 6.11. The summed E-state index contributed by atoms with van der Waals surface area (Å²) < 4.78 is 8.35. The molecule has 0 saturated carbocycles. The first-order chi connectivity index (χ1) is 16.5. The van der Waals surface area contributed by atoms with Crippen LogP contribution in [0, 0.1) is 13.8 Å². The smallest absolute Gasteiger partial charge is 0.227 e. The molecule has 3 aromatic carbocycles. The monoisotopic (exact) mass is 473 g/mol. The highest BCUT2D eigenvalue weighted by Gasteiger charge is 2.35. The number of ether oxygens (including phenoxy) is 1. The van der Waals surface area contributed by atoms with Gasteiger partial charge < -0.3 is 14.2 Å². The summed E-state index contributed by atoms with van der Waals surface area (Å²) >= 11 is 6.39. The van der Waals surface area contributed by atoms with Crippen molar-refractivity contribution in [2.45, 2.75) is 39.2 Å². The van der Waals surface area contributed by atoms with E-state index >= 15 is 0 Å². The van der Waals surface area contributed by atoms with Gasteiger partial charge in [-0.1, -0.05) is 48.0 Å². The van der Waals surface area contributed by atoms with Gasteiger partial charge in [0.2, 0.25) is 5.91 Å². The zero-order valence-electron chi connectivity index (χ0n) is 19.5. The molecule has 0 spiro atoms. The molecule has 1 aliphatic rings. The summed E-state index contributed by atoms with van der Waals surface area (Å²) in [5.74, 6) is 1.98. The summed E-state index contributed by atoms with van der Waals surface area (Å²) in [7, 11) is 0. The number of halogens is 1. The number of aryl methyl sites for hydroxylation is 3. The van der Waals surface area contributed by atoms with E-state index in [0.29, 0.717) is 24.6 Å². The Morgan fingerprint density at radius 3 is 2.71 bits per heavy atom. The fourth-order valence-corrected chi connectivity index (χ4v) is 4.93. The zero-order chi connectivity index (χ0) is 23.7. The van der Waals surface area contributed by atoms with Crippen molar-refractivity contribution < 1.29 is 9.53 Å². The predicted molar refractivity (Wildman–Crippen MR) is 137 cm³/mol. The van der Waals surface area contributed by atoms with Crippen molar-refractivity contribution in [3.05, 3.63) is 88.7 Å². The van der Waals surface area contributed by atoms with Gasteiger partial charge in [-0.15, -0.1) is 0 Å². The molecule has 4 aromatic rings. The first kappa shape index (κ1) is 22.5. The van der Waals surface area contributed by atoms with Gasteiger partial charge >= 0.3 is 0 Å². The minimum absolute atomic E-state index is 0.0103. The number of hydrogen-bond donors (Lipinski definition) is 0. The second-order valence-electron chi connectivity index (χ2n) is 8.94. The third-order valence-corrected chi connectivity index (χ3v) is 6.76. The van der Waals surface area contributed by atoms with Crippen LogP contribution in [0.3, 0.4) is 0 Å². The van der Waals surface area contributed by atoms with E-state index in [1.807, 2.05) is 42.5 Å². The molecule has 1 saturated heterocycles. The molecular weight excluding hydrogens is 446 g/mol. The first-order valence-corrected chi connectivity index (χ1v) is 12.1. The van der Waals surface area contributed by atoms with Gasteiger partial charge in [0.1, 0.15) is 11.6 Å². The van der Waals surface area contributed by atoms with Crippen LogP contribution in [0.4, 0.5) is 5.69 Å². The van der Waals surface area contributed by atoms with E-state index in [9.17, 15) is 4.79 Å². The molecule has 1 unspecified atom stereocenters. The molecule has 0 aliphatic carbocycles. The molecule has 0 N–H and O–H groups in total. The van der Waals surface area contributed by atoms with Gasteiger partial charge in [-0.2, -0.15) is 0 Å². The van der Waals surface area contributed by atoms with Crippen LogP contribution in [-0.2, 0) is 11.3 Å². The number of amides is 1. The molecule has 1 aromatic heterocycles. The number of benzene rings is 3. The summed E-state index contributed by atoms with van der Waals surface area (Å²) in [6.07, 6.45) is 1.27. The molecule has 174 valence electrons. The van der Waals surface area contributed by atoms with Crippen LogP contribution in [0.25, 0.3) is 11.0 Å². The molecule has 6 heteroatoms. The van der Waals surface area contributed by atoms with Crippen molar-refractivity contribution in [1.29, 1.82) is 0 Å². The molecule has 1 atom stereocenters. The highest BCUT2D eigenvalue weighted by Crippen LogP contribution is 2.36. The van der Waals surface area contributed by atoms with E-state index in [-0.39, 0.29) is 11.8 Å². The topological polar surface area (TPSA) is 47.4 Å². The average molecular weight is 474 g/mol. The van der Waals surface area contributed by atoms with Crippen molar-refractivity contribution in [1.82, 2.24) is 9.55 Å². The van der Waals surface area contributed by atoms with Gasteiger partial charge in [0.25, 0.3) is 0 Å². The van der Waals surface area contributed by atoms with Gasteiger partial charge in [0.15, 0.2) is 0 Å². The van der Waals surface area contributed by atoms with Crippen molar-refractivity contribution in [2.75, 3.05) is 18.1 Å². The number of carbonyl (C=O) groups excluding carboxylic acids is 1. The minimum atomic E-state index is 0.0103. The lowest BCUT2D eigenvalue weighted by atomic mass is 10.1. The summed E-state index contributed by atoms with van der Waals surface area (Å²) in [6, 6.07) is 21.9. The number of para-hydroxylation sites is 3. The number of rotatable bonds is 7. The average Bonchev–Trinajstić information content (AvgIpc) is 3.39. The Labute approximate surface area is 204 Å². The number of carbonyl (C=O) groups is 1. The molecule has 0 radical (unpaired) electrons. The molecule has 5 nitrogen and oxygen atoms in total. The van der Waals surface area contributed by atoms with E-state index in [2.05, 4.69) is 42.7 Å². The Morgan fingerprint density at radius 1 is 1.06 bits per heavy atom. The van der Waals surface area contributed by atoms with Crippen LogP contribution in [0.5, 0.6) is 5.75 Å². The van der Waals surface area contributed by atoms with Crippen LogP contribution in [0.1, 0.15) is 35.7 Å². The lowest BCUT2D eigenvalue weighted by Crippen LogP contribution is -2.24. The summed E-state index contributed by atoms with van der Waals surface area (Å²) in [5.41, 5.74) is 5.15. The predicted octanol–water partition coefficient (Wildman–Crippen LogP) is 6.30. The lowest BCUT2D eigenvalue weighted by molar-refractivity contribution is -0.117. The molecule has 2 heterocycles. The van der Waals surface area contributed by atoms with Crippen LogP contribution in [0.15, 0.2) is 66.7 Å². The van der Waals surface area contributed by atoms with Gasteiger partial charge in [-0.3, -0.25) is 4.79 Å². The van der Waals surface area contributed by atoms with Crippen LogP contribution >= 0.6 is 11.6 Å². The van der Waals surface area contributed by atoms with Crippen LogP contribution in [-0.4, -0.2) is 28.6 Å². The van der Waals surface area contributed by atoms with E-state index in [0.717, 1.165) is 46.8 Å². The number of imidazole rings is 1. The fraction of sp³-hybridized carbons (Fsp3) is 0.286. The molecule has 5 rings (SSSR count). The van der Waals surface area contributed by atoms with E-state index in [1.165, 1.54) is 5.56 Å². The van der Waals surface area contributed by atoms with Crippen molar-refractivity contribution in [3.63, 3.8) is 0 Å². The molecule has 1 fully saturated rings. The van der Waals surface area contributed by atoms with Gasteiger partial charge in [-0.05, 0) is 61.7 Å². The molecule has 1 aliphatic heterocycles.